The lowest BCUT2D eigenvalue weighted by Crippen LogP contribution is -2.71. The summed E-state index contributed by atoms with van der Waals surface area (Å²) in [5, 5.41) is 2.49. The molecule has 1 aliphatic rings. The maximum absolute atomic E-state index is 11.7. The normalized spacial score (nSPS) is 23.5. The van der Waals surface area contributed by atoms with Crippen molar-refractivity contribution in [2.24, 2.45) is 0 Å². The van der Waals surface area contributed by atoms with E-state index in [1.54, 1.807) is 0 Å². The topological polar surface area (TPSA) is 144 Å². The molecule has 1 amide bonds. The molecule has 11 heteroatoms. The second-order valence-electron chi connectivity index (χ2n) is 5.87. The van der Waals surface area contributed by atoms with E-state index in [4.69, 9.17) is 23.7 Å². The fourth-order valence-corrected chi connectivity index (χ4v) is 2.68. The zero-order valence-electron chi connectivity index (χ0n) is 15.7. The highest BCUT2D eigenvalue weighted by Gasteiger charge is 2.61. The minimum Gasteiger partial charge on any atom is -0.463 e. The summed E-state index contributed by atoms with van der Waals surface area (Å²) in [6.45, 7) is 4.89. The zero-order chi connectivity index (χ0) is 20.8. The monoisotopic (exact) mass is 389 g/mol. The zero-order valence-corrected chi connectivity index (χ0v) is 15.7. The average molecular weight is 389 g/mol. The number of esters is 4. The molecule has 0 saturated carbocycles. The summed E-state index contributed by atoms with van der Waals surface area (Å²) in [7, 11) is 0. The van der Waals surface area contributed by atoms with Crippen molar-refractivity contribution in [1.29, 1.82) is 0 Å². The highest BCUT2D eigenvalue weighted by molar-refractivity contribution is 5.74. The molecule has 0 aliphatic carbocycles. The fraction of sp³-hybridized carbons (Fsp3) is 0.688. The highest BCUT2D eigenvalue weighted by Crippen LogP contribution is 2.35. The summed E-state index contributed by atoms with van der Waals surface area (Å²) in [6.07, 6.45) is -2.75. The van der Waals surface area contributed by atoms with E-state index in [0.29, 0.717) is 0 Å². The predicted molar refractivity (Wildman–Crippen MR) is 85.8 cm³/mol. The van der Waals surface area contributed by atoms with Crippen LogP contribution in [0.4, 0.5) is 0 Å². The Morgan fingerprint density at radius 2 is 1.48 bits per heavy atom. The molecule has 1 fully saturated rings. The lowest BCUT2D eigenvalue weighted by Gasteiger charge is -2.48. The summed E-state index contributed by atoms with van der Waals surface area (Å²) in [4.78, 5) is 57.8. The van der Waals surface area contributed by atoms with Crippen LogP contribution in [0.15, 0.2) is 0 Å². The summed E-state index contributed by atoms with van der Waals surface area (Å²) in [5.41, 5.74) is 0. The molecule has 0 radical (unpaired) electrons. The van der Waals surface area contributed by atoms with Crippen molar-refractivity contribution >= 4 is 29.8 Å². The van der Waals surface area contributed by atoms with Crippen LogP contribution in [-0.4, -0.2) is 67.0 Å². The third-order valence-corrected chi connectivity index (χ3v) is 3.41. The van der Waals surface area contributed by atoms with E-state index >= 15 is 0 Å². The van der Waals surface area contributed by atoms with Gasteiger partial charge in [0.25, 0.3) is 0 Å². The van der Waals surface area contributed by atoms with Gasteiger partial charge < -0.3 is 29.0 Å². The Balaban J connectivity index is 3.44. The summed E-state index contributed by atoms with van der Waals surface area (Å²) >= 11 is 0. The van der Waals surface area contributed by atoms with Crippen LogP contribution in [0.2, 0.25) is 0 Å². The molecule has 0 aromatic heterocycles. The third kappa shape index (κ3) is 6.20. The largest absolute Gasteiger partial charge is 0.463 e. The number of ether oxygens (including phenoxy) is 5. The highest BCUT2D eigenvalue weighted by atomic mass is 16.8. The molecule has 0 unspecified atom stereocenters. The van der Waals surface area contributed by atoms with Crippen LogP contribution in [-0.2, 0) is 47.7 Å². The average Bonchev–Trinajstić information content (AvgIpc) is 2.47. The Hall–Kier alpha value is -2.69. The molecule has 11 nitrogen and oxygen atoms in total. The van der Waals surface area contributed by atoms with Gasteiger partial charge in [-0.25, -0.2) is 0 Å². The molecule has 0 aromatic rings. The summed E-state index contributed by atoms with van der Waals surface area (Å²) < 4.78 is 26.1. The first-order chi connectivity index (χ1) is 12.5. The molecule has 27 heavy (non-hydrogen) atoms. The van der Waals surface area contributed by atoms with Crippen LogP contribution in [0, 0.1) is 0 Å². The van der Waals surface area contributed by atoms with E-state index in [9.17, 15) is 24.0 Å². The maximum atomic E-state index is 11.7. The molecule has 3 atom stereocenters. The first-order valence-corrected chi connectivity index (χ1v) is 8.06. The number of rotatable bonds is 6. The standard InChI is InChI=1S/C16H23NO10/c1-8(18)17-13-6-24-14(7-23-9(2)19)16(26-11(4)21,27-12(5)22)15(13)25-10(3)20/h13-15H,6-7H2,1-5H3,(H,17,18)/t13-,14+,15+/m0/s1. The number of nitrogens with one attached hydrogen (secondary N) is 1. The second-order valence-corrected chi connectivity index (χ2v) is 5.87. The molecule has 1 N–H and O–H groups in total. The Bertz CT molecular complexity index is 600. The van der Waals surface area contributed by atoms with Gasteiger partial charge in [0.1, 0.15) is 6.61 Å². The van der Waals surface area contributed by atoms with Crippen LogP contribution in [0.25, 0.3) is 0 Å². The van der Waals surface area contributed by atoms with Crippen LogP contribution in [0.1, 0.15) is 34.6 Å². The molecule has 1 rings (SSSR count). The molecule has 0 aromatic carbocycles. The molecular formula is C16H23NO10. The SMILES string of the molecule is CC(=O)N[C@H]1CO[C@H](COC(C)=O)C(OC(C)=O)(OC(C)=O)[C@@H]1OC(C)=O. The Morgan fingerprint density at radius 3 is 1.89 bits per heavy atom. The molecule has 0 bridgehead atoms. The van der Waals surface area contributed by atoms with E-state index in [0.717, 1.165) is 27.7 Å². The van der Waals surface area contributed by atoms with Gasteiger partial charge in [-0.15, -0.1) is 0 Å². The van der Waals surface area contributed by atoms with Crippen LogP contribution >= 0.6 is 0 Å². The molecular weight excluding hydrogens is 366 g/mol. The second kappa shape index (κ2) is 9.31. The minimum atomic E-state index is -2.27. The van der Waals surface area contributed by atoms with Crippen molar-refractivity contribution in [2.45, 2.75) is 58.7 Å². The number of hydrogen-bond donors (Lipinski definition) is 1. The molecule has 0 spiro atoms. The summed E-state index contributed by atoms with van der Waals surface area (Å²) in [6, 6.07) is -1.00. The van der Waals surface area contributed by atoms with Crippen molar-refractivity contribution in [1.82, 2.24) is 5.32 Å². The van der Waals surface area contributed by atoms with Gasteiger partial charge in [0.05, 0.1) is 12.6 Å². The van der Waals surface area contributed by atoms with Crippen molar-refractivity contribution in [3.63, 3.8) is 0 Å². The van der Waals surface area contributed by atoms with Gasteiger partial charge in [-0.2, -0.15) is 0 Å². The Labute approximate surface area is 155 Å². The Morgan fingerprint density at radius 1 is 0.926 bits per heavy atom. The smallest absolute Gasteiger partial charge is 0.325 e. The van der Waals surface area contributed by atoms with Crippen molar-refractivity contribution in [2.75, 3.05) is 13.2 Å². The first kappa shape index (κ1) is 22.4. The fourth-order valence-electron chi connectivity index (χ4n) is 2.68. The van der Waals surface area contributed by atoms with Crippen LogP contribution in [0.3, 0.4) is 0 Å². The van der Waals surface area contributed by atoms with Gasteiger partial charge in [-0.1, -0.05) is 0 Å². The van der Waals surface area contributed by atoms with Crippen molar-refractivity contribution in [3.8, 4) is 0 Å². The first-order valence-electron chi connectivity index (χ1n) is 8.06. The van der Waals surface area contributed by atoms with Crippen molar-refractivity contribution in [3.05, 3.63) is 0 Å². The summed E-state index contributed by atoms with van der Waals surface area (Å²) in [5.74, 6) is -5.97. The molecule has 1 saturated heterocycles. The lowest BCUT2D eigenvalue weighted by molar-refractivity contribution is -0.330. The molecule has 1 aliphatic heterocycles. The van der Waals surface area contributed by atoms with Crippen molar-refractivity contribution < 1.29 is 47.7 Å². The van der Waals surface area contributed by atoms with Crippen LogP contribution in [0.5, 0.6) is 0 Å². The van der Waals surface area contributed by atoms with Gasteiger partial charge >= 0.3 is 29.7 Å². The quantitative estimate of drug-likeness (QED) is 0.348. The van der Waals surface area contributed by atoms with E-state index in [1.807, 2.05) is 0 Å². The van der Waals surface area contributed by atoms with E-state index in [2.05, 4.69) is 5.32 Å². The van der Waals surface area contributed by atoms with Gasteiger partial charge in [0.2, 0.25) is 12.0 Å². The van der Waals surface area contributed by atoms with E-state index < -0.39 is 60.4 Å². The predicted octanol–water partition coefficient (Wildman–Crippen LogP) is -0.793. The number of amides is 1. The molecule has 1 heterocycles. The van der Waals surface area contributed by atoms with Gasteiger partial charge in [-0.05, 0) is 0 Å². The Kier molecular flexibility index (Phi) is 7.70. The van der Waals surface area contributed by atoms with Gasteiger partial charge in [0.15, 0.2) is 6.10 Å². The number of carbonyl (C=O) groups is 5. The number of carbonyl (C=O) groups excluding carboxylic acids is 5. The maximum Gasteiger partial charge on any atom is 0.325 e. The van der Waals surface area contributed by atoms with Gasteiger partial charge in [-0.3, -0.25) is 24.0 Å². The third-order valence-electron chi connectivity index (χ3n) is 3.41. The molecule has 152 valence electrons. The van der Waals surface area contributed by atoms with E-state index in [1.165, 1.54) is 6.92 Å². The number of hydrogen-bond acceptors (Lipinski definition) is 10. The lowest BCUT2D eigenvalue weighted by atomic mass is 9.93. The van der Waals surface area contributed by atoms with Gasteiger partial charge in [0, 0.05) is 34.6 Å². The minimum absolute atomic E-state index is 0.187. The van der Waals surface area contributed by atoms with E-state index in [-0.39, 0.29) is 6.61 Å². The van der Waals surface area contributed by atoms with Crippen LogP contribution < -0.4 is 5.32 Å².